The van der Waals surface area contributed by atoms with Gasteiger partial charge in [0.25, 0.3) is 5.91 Å². The molecule has 0 spiro atoms. The predicted octanol–water partition coefficient (Wildman–Crippen LogP) is 7.94. The van der Waals surface area contributed by atoms with Gasteiger partial charge in [0.2, 0.25) is 11.8 Å². The van der Waals surface area contributed by atoms with Crippen LogP contribution in [0.3, 0.4) is 0 Å². The van der Waals surface area contributed by atoms with Gasteiger partial charge < -0.3 is 30.1 Å². The highest BCUT2D eigenvalue weighted by molar-refractivity contribution is 6.06. The van der Waals surface area contributed by atoms with Crippen molar-refractivity contribution in [1.29, 1.82) is 0 Å². The average molecular weight is 758 g/mol. The molecule has 1 aliphatic heterocycles. The molecule has 0 bridgehead atoms. The minimum absolute atomic E-state index is 0.0462. The minimum atomic E-state index is -1.08. The van der Waals surface area contributed by atoms with Gasteiger partial charge in [-0.3, -0.25) is 14.4 Å². The molecular weight excluding hydrogens is 703 g/mol. The largest absolute Gasteiger partial charge is 0.478 e. The molecule has 2 aliphatic carbocycles. The number of rotatable bonds is 12. The summed E-state index contributed by atoms with van der Waals surface area (Å²) in [6.07, 6.45) is 13.2. The van der Waals surface area contributed by atoms with Gasteiger partial charge in [0.1, 0.15) is 12.1 Å². The summed E-state index contributed by atoms with van der Waals surface area (Å²) in [6, 6.07) is 23.2. The Morgan fingerprint density at radius 1 is 0.893 bits per heavy atom. The molecule has 1 atom stereocenters. The summed E-state index contributed by atoms with van der Waals surface area (Å²) < 4.78 is 2.16. The molecule has 7 rings (SSSR count). The molecule has 0 radical (unpaired) electrons. The lowest BCUT2D eigenvalue weighted by molar-refractivity contribution is -0.132. The van der Waals surface area contributed by atoms with E-state index < -0.39 is 11.5 Å². The van der Waals surface area contributed by atoms with Crippen molar-refractivity contribution in [2.45, 2.75) is 88.6 Å². The second-order valence-corrected chi connectivity index (χ2v) is 16.3. The number of fused-ring (bicyclic) bond motifs is 1. The van der Waals surface area contributed by atoms with Gasteiger partial charge in [0, 0.05) is 42.9 Å². The first-order valence-electron chi connectivity index (χ1n) is 20.4. The Kier molecular flexibility index (Phi) is 12.0. The number of carboxylic acid groups (broad SMARTS) is 1. The highest BCUT2D eigenvalue weighted by Gasteiger charge is 2.43. The Hall–Kier alpha value is -5.22. The molecule has 294 valence electrons. The fourth-order valence-electron chi connectivity index (χ4n) is 9.33. The molecule has 1 aromatic heterocycles. The molecule has 56 heavy (non-hydrogen) atoms. The summed E-state index contributed by atoms with van der Waals surface area (Å²) >= 11 is 0. The van der Waals surface area contributed by atoms with Gasteiger partial charge in [-0.2, -0.15) is 0 Å². The zero-order chi connectivity index (χ0) is 39.2. The van der Waals surface area contributed by atoms with Gasteiger partial charge in [-0.05, 0) is 111 Å². The van der Waals surface area contributed by atoms with E-state index in [2.05, 4.69) is 45.3 Å². The summed E-state index contributed by atoms with van der Waals surface area (Å²) in [7, 11) is 4.07. The van der Waals surface area contributed by atoms with E-state index >= 15 is 0 Å². The van der Waals surface area contributed by atoms with Crippen molar-refractivity contribution in [1.82, 2.24) is 19.7 Å². The number of carbonyl (C=O) groups excluding carboxylic acids is 3. The Morgan fingerprint density at radius 3 is 2.32 bits per heavy atom. The van der Waals surface area contributed by atoms with Crippen molar-refractivity contribution >= 4 is 46.4 Å². The lowest BCUT2D eigenvalue weighted by atomic mass is 9.81. The van der Waals surface area contributed by atoms with Crippen LogP contribution in [0.15, 0.2) is 78.9 Å². The number of piperidine rings is 1. The second-order valence-electron chi connectivity index (χ2n) is 16.3. The number of nitrogens with zero attached hydrogens (tertiary/aromatic N) is 3. The number of aliphatic carboxylic acids is 1. The third kappa shape index (κ3) is 8.76. The molecule has 3 fully saturated rings. The number of aromatic nitrogens is 1. The van der Waals surface area contributed by atoms with E-state index in [1.165, 1.54) is 30.9 Å². The predicted molar refractivity (Wildman–Crippen MR) is 221 cm³/mol. The molecule has 10 nitrogen and oxygen atoms in total. The highest BCUT2D eigenvalue weighted by atomic mass is 16.4. The van der Waals surface area contributed by atoms with Crippen LogP contribution >= 0.6 is 0 Å². The SMILES string of the molecule is CN1CCCC(CN(C)C(=O)Cn2c(-c3ccccc3)c(C3CCCCC3)c3ccc(C(=O)NC4(C(=O)Nc5ccc(/C=C/C(=O)O)cc5)CCCC4)cc32)C1. The Labute approximate surface area is 329 Å². The van der Waals surface area contributed by atoms with E-state index in [4.69, 9.17) is 5.11 Å². The van der Waals surface area contributed by atoms with Gasteiger partial charge in [-0.25, -0.2) is 4.79 Å². The van der Waals surface area contributed by atoms with E-state index in [1.54, 1.807) is 24.3 Å². The van der Waals surface area contributed by atoms with Gasteiger partial charge >= 0.3 is 5.97 Å². The molecule has 2 saturated carbocycles. The van der Waals surface area contributed by atoms with E-state index in [1.807, 2.05) is 42.3 Å². The van der Waals surface area contributed by atoms with Crippen molar-refractivity contribution in [3.8, 4) is 11.3 Å². The number of likely N-dealkylation sites (tertiary alicyclic amines) is 1. The van der Waals surface area contributed by atoms with Crippen molar-refractivity contribution in [3.63, 3.8) is 0 Å². The van der Waals surface area contributed by atoms with E-state index in [9.17, 15) is 19.2 Å². The summed E-state index contributed by atoms with van der Waals surface area (Å²) in [5.74, 6) is -0.798. The zero-order valence-corrected chi connectivity index (χ0v) is 32.8. The lowest BCUT2D eigenvalue weighted by Gasteiger charge is -2.32. The zero-order valence-electron chi connectivity index (χ0n) is 32.8. The van der Waals surface area contributed by atoms with E-state index in [0.717, 1.165) is 79.9 Å². The molecule has 3 aromatic carbocycles. The average Bonchev–Trinajstić information content (AvgIpc) is 3.81. The van der Waals surface area contributed by atoms with Gasteiger partial charge in [0.15, 0.2) is 0 Å². The number of anilines is 1. The van der Waals surface area contributed by atoms with Crippen molar-refractivity contribution in [3.05, 3.63) is 95.6 Å². The second kappa shape index (κ2) is 17.3. The highest BCUT2D eigenvalue weighted by Crippen LogP contribution is 2.44. The fourth-order valence-corrected chi connectivity index (χ4v) is 9.33. The van der Waals surface area contributed by atoms with Gasteiger partial charge in [-0.15, -0.1) is 0 Å². The fraction of sp³-hybridized carbons (Fsp3) is 0.435. The first-order chi connectivity index (χ1) is 27.1. The van der Waals surface area contributed by atoms with Gasteiger partial charge in [0.05, 0.1) is 11.2 Å². The Balaban J connectivity index is 1.21. The van der Waals surface area contributed by atoms with Crippen LogP contribution in [0.5, 0.6) is 0 Å². The minimum Gasteiger partial charge on any atom is -0.478 e. The number of hydrogen-bond acceptors (Lipinski definition) is 5. The third-order valence-corrected chi connectivity index (χ3v) is 12.2. The number of likely N-dealkylation sites (N-methyl/N-ethyl adjacent to an activating group) is 1. The molecular formula is C46H55N5O5. The Bertz CT molecular complexity index is 2080. The molecule has 2 heterocycles. The van der Waals surface area contributed by atoms with Crippen LogP contribution in [-0.4, -0.2) is 82.4 Å². The monoisotopic (exact) mass is 757 g/mol. The number of nitrogens with one attached hydrogen (secondary N) is 2. The van der Waals surface area contributed by atoms with E-state index in [0.29, 0.717) is 48.0 Å². The number of benzene rings is 3. The first-order valence-corrected chi connectivity index (χ1v) is 20.4. The van der Waals surface area contributed by atoms with Crippen LogP contribution in [0.1, 0.15) is 98.0 Å². The van der Waals surface area contributed by atoms with E-state index in [-0.39, 0.29) is 24.3 Å². The van der Waals surface area contributed by atoms with Crippen LogP contribution in [0.4, 0.5) is 5.69 Å². The quantitative estimate of drug-likeness (QED) is 0.126. The summed E-state index contributed by atoms with van der Waals surface area (Å²) in [6.45, 7) is 2.96. The molecule has 3 N–H and O–H groups in total. The maximum atomic E-state index is 14.3. The van der Waals surface area contributed by atoms with Crippen LogP contribution in [0.2, 0.25) is 0 Å². The number of carbonyl (C=O) groups is 4. The first kappa shape index (κ1) is 39.0. The van der Waals surface area contributed by atoms with Gasteiger partial charge in [-0.1, -0.05) is 80.6 Å². The third-order valence-electron chi connectivity index (χ3n) is 12.2. The number of carboxylic acids is 1. The number of hydrogen-bond donors (Lipinski definition) is 3. The maximum Gasteiger partial charge on any atom is 0.328 e. The van der Waals surface area contributed by atoms with Crippen molar-refractivity contribution in [2.24, 2.45) is 5.92 Å². The maximum absolute atomic E-state index is 14.3. The van der Waals surface area contributed by atoms with Crippen LogP contribution in [0, 0.1) is 5.92 Å². The van der Waals surface area contributed by atoms with Crippen LogP contribution in [0.25, 0.3) is 28.2 Å². The molecule has 10 heteroatoms. The normalized spacial score (nSPS) is 18.9. The Morgan fingerprint density at radius 2 is 1.62 bits per heavy atom. The summed E-state index contributed by atoms with van der Waals surface area (Å²) in [5, 5.41) is 16.2. The van der Waals surface area contributed by atoms with Crippen molar-refractivity contribution < 1.29 is 24.3 Å². The van der Waals surface area contributed by atoms with Crippen molar-refractivity contribution in [2.75, 3.05) is 39.0 Å². The van der Waals surface area contributed by atoms with Crippen LogP contribution in [-0.2, 0) is 20.9 Å². The molecule has 1 unspecified atom stereocenters. The molecule has 3 amide bonds. The van der Waals surface area contributed by atoms with Crippen LogP contribution < -0.4 is 10.6 Å². The topological polar surface area (TPSA) is 124 Å². The lowest BCUT2D eigenvalue weighted by Crippen LogP contribution is -2.55. The number of amides is 3. The molecule has 3 aliphatic rings. The standard InChI is InChI=1S/C46H55N5O5/c1-49-27-11-12-33(29-49)30-50(2)40(52)31-51-39-28-36(20-23-38(39)42(34-13-5-3-6-14-34)43(51)35-15-7-4-8-16-35)44(55)48-46(25-9-10-26-46)45(56)47-37-21-17-32(18-22-37)19-24-41(53)54/h4,7-8,15-24,28,33-34H,3,5-6,9-14,25-27,29-31H2,1-2H3,(H,47,56)(H,48,55)(H,53,54)/b24-19+. The summed E-state index contributed by atoms with van der Waals surface area (Å²) in [4.78, 5) is 57.6. The smallest absolute Gasteiger partial charge is 0.328 e. The molecule has 1 saturated heterocycles. The molecule has 4 aromatic rings. The summed E-state index contributed by atoms with van der Waals surface area (Å²) in [5.41, 5.74) is 4.87.